The number of nitrogens with zero attached hydrogens (tertiary/aromatic N) is 3. The molecular formula is C25H20Cl4N4O2. The molecule has 0 aliphatic heterocycles. The SMILES string of the molecule is O=C(Cn1nc(-c2ccc(Cl)cc2Cl)c(-c2ccc(Cl)cc2Cl)n1)N[C@H](CO)Cc1ccccc1. The highest BCUT2D eigenvalue weighted by molar-refractivity contribution is 6.37. The van der Waals surface area contributed by atoms with Gasteiger partial charge in [0.05, 0.1) is 22.7 Å². The molecule has 0 aliphatic carbocycles. The third kappa shape index (κ3) is 6.34. The molecule has 2 N–H and O–H groups in total. The Labute approximate surface area is 222 Å². The first-order chi connectivity index (χ1) is 16.8. The smallest absolute Gasteiger partial charge is 0.243 e. The van der Waals surface area contributed by atoms with Gasteiger partial charge in [-0.3, -0.25) is 4.79 Å². The highest BCUT2D eigenvalue weighted by Gasteiger charge is 2.21. The predicted molar refractivity (Wildman–Crippen MR) is 140 cm³/mol. The van der Waals surface area contributed by atoms with Gasteiger partial charge in [-0.2, -0.15) is 15.0 Å². The molecule has 0 saturated carbocycles. The number of carbonyl (C=O) groups is 1. The molecule has 4 rings (SSSR count). The number of rotatable bonds is 8. The van der Waals surface area contributed by atoms with Crippen molar-refractivity contribution in [3.8, 4) is 22.5 Å². The molecule has 4 aromatic rings. The van der Waals surface area contributed by atoms with Gasteiger partial charge in [-0.1, -0.05) is 76.7 Å². The summed E-state index contributed by atoms with van der Waals surface area (Å²) in [5.41, 5.74) is 3.05. The van der Waals surface area contributed by atoms with Gasteiger partial charge in [-0.15, -0.1) is 0 Å². The number of hydrogen-bond acceptors (Lipinski definition) is 4. The zero-order valence-electron chi connectivity index (χ0n) is 18.3. The summed E-state index contributed by atoms with van der Waals surface area (Å²) in [6.45, 7) is -0.376. The Morgan fingerprint density at radius 3 is 1.89 bits per heavy atom. The number of carbonyl (C=O) groups excluding carboxylic acids is 1. The zero-order valence-corrected chi connectivity index (χ0v) is 21.3. The predicted octanol–water partition coefficient (Wildman–Crippen LogP) is 5.95. The van der Waals surface area contributed by atoms with Crippen molar-refractivity contribution in [2.75, 3.05) is 6.61 Å². The number of halogens is 4. The van der Waals surface area contributed by atoms with Gasteiger partial charge in [-0.05, 0) is 48.4 Å². The molecule has 1 aromatic heterocycles. The second kappa shape index (κ2) is 11.4. The lowest BCUT2D eigenvalue weighted by atomic mass is 10.0. The topological polar surface area (TPSA) is 80.0 Å². The lowest BCUT2D eigenvalue weighted by Crippen LogP contribution is -2.41. The molecule has 10 heteroatoms. The molecule has 1 heterocycles. The average molecular weight is 550 g/mol. The number of aromatic nitrogens is 3. The number of hydrogen-bond donors (Lipinski definition) is 2. The van der Waals surface area contributed by atoms with E-state index in [1.807, 2.05) is 30.3 Å². The normalized spacial score (nSPS) is 11.9. The van der Waals surface area contributed by atoms with Gasteiger partial charge in [0.15, 0.2) is 0 Å². The molecular weight excluding hydrogens is 530 g/mol. The quantitative estimate of drug-likeness (QED) is 0.285. The van der Waals surface area contributed by atoms with Crippen molar-refractivity contribution in [3.05, 3.63) is 92.4 Å². The summed E-state index contributed by atoms with van der Waals surface area (Å²) < 4.78 is 0. The van der Waals surface area contributed by atoms with Crippen LogP contribution in [0.5, 0.6) is 0 Å². The first-order valence-electron chi connectivity index (χ1n) is 10.6. The Morgan fingerprint density at radius 2 is 1.40 bits per heavy atom. The van der Waals surface area contributed by atoms with Gasteiger partial charge in [-0.25, -0.2) is 0 Å². The van der Waals surface area contributed by atoms with E-state index in [1.54, 1.807) is 36.4 Å². The van der Waals surface area contributed by atoms with Crippen molar-refractivity contribution in [2.24, 2.45) is 0 Å². The molecule has 180 valence electrons. The monoisotopic (exact) mass is 548 g/mol. The standard InChI is InChI=1S/C25H20Cl4N4O2/c26-16-6-8-19(21(28)11-16)24-25(20-9-7-17(27)12-22(20)29)32-33(31-24)13-23(35)30-18(14-34)10-15-4-2-1-3-5-15/h1-9,11-12,18,34H,10,13-14H2,(H,30,35)/t18-/m0/s1. The molecule has 0 fully saturated rings. The van der Waals surface area contributed by atoms with Crippen LogP contribution in [0.15, 0.2) is 66.7 Å². The van der Waals surface area contributed by atoms with E-state index in [0.717, 1.165) is 5.56 Å². The van der Waals surface area contributed by atoms with E-state index in [2.05, 4.69) is 15.5 Å². The van der Waals surface area contributed by atoms with E-state index >= 15 is 0 Å². The number of amides is 1. The van der Waals surface area contributed by atoms with E-state index in [9.17, 15) is 9.90 Å². The molecule has 3 aromatic carbocycles. The molecule has 0 unspecified atom stereocenters. The average Bonchev–Trinajstić information content (AvgIpc) is 3.22. The van der Waals surface area contributed by atoms with Crippen LogP contribution < -0.4 is 5.32 Å². The van der Waals surface area contributed by atoms with E-state index < -0.39 is 6.04 Å². The molecule has 0 spiro atoms. The summed E-state index contributed by atoms with van der Waals surface area (Å²) in [6, 6.07) is 19.2. The molecule has 0 saturated heterocycles. The Kier molecular flexibility index (Phi) is 8.31. The largest absolute Gasteiger partial charge is 0.394 e. The van der Waals surface area contributed by atoms with Crippen molar-refractivity contribution >= 4 is 52.3 Å². The van der Waals surface area contributed by atoms with Crippen LogP contribution >= 0.6 is 46.4 Å². The van der Waals surface area contributed by atoms with E-state index in [4.69, 9.17) is 46.4 Å². The van der Waals surface area contributed by atoms with Gasteiger partial charge in [0.1, 0.15) is 17.9 Å². The molecule has 0 radical (unpaired) electrons. The van der Waals surface area contributed by atoms with Gasteiger partial charge < -0.3 is 10.4 Å². The molecule has 1 amide bonds. The van der Waals surface area contributed by atoms with Gasteiger partial charge >= 0.3 is 0 Å². The Bertz CT molecular complexity index is 1280. The van der Waals surface area contributed by atoms with Crippen molar-refractivity contribution in [1.82, 2.24) is 20.3 Å². The first kappa shape index (κ1) is 25.5. The fraction of sp³-hybridized carbons (Fsp3) is 0.160. The summed E-state index contributed by atoms with van der Waals surface area (Å²) in [5.74, 6) is -0.350. The Balaban J connectivity index is 1.62. The minimum Gasteiger partial charge on any atom is -0.394 e. The van der Waals surface area contributed by atoms with Crippen LogP contribution in [0.4, 0.5) is 0 Å². The van der Waals surface area contributed by atoms with Crippen LogP contribution in [0.3, 0.4) is 0 Å². The van der Waals surface area contributed by atoms with Crippen LogP contribution in [0.25, 0.3) is 22.5 Å². The molecule has 35 heavy (non-hydrogen) atoms. The van der Waals surface area contributed by atoms with Crippen LogP contribution in [0.2, 0.25) is 20.1 Å². The van der Waals surface area contributed by atoms with Crippen LogP contribution in [0, 0.1) is 0 Å². The number of aliphatic hydroxyl groups excluding tert-OH is 1. The minimum atomic E-state index is -0.448. The summed E-state index contributed by atoms with van der Waals surface area (Å²) >= 11 is 25.0. The maximum atomic E-state index is 12.8. The third-order valence-electron chi connectivity index (χ3n) is 5.22. The van der Waals surface area contributed by atoms with Crippen molar-refractivity contribution in [3.63, 3.8) is 0 Å². The molecule has 0 bridgehead atoms. The van der Waals surface area contributed by atoms with Gasteiger partial charge in [0.2, 0.25) is 5.91 Å². The number of benzene rings is 3. The lowest BCUT2D eigenvalue weighted by molar-refractivity contribution is -0.123. The summed E-state index contributed by atoms with van der Waals surface area (Å²) in [5, 5.41) is 23.4. The van der Waals surface area contributed by atoms with Crippen LogP contribution in [-0.4, -0.2) is 38.7 Å². The van der Waals surface area contributed by atoms with Gasteiger partial charge in [0.25, 0.3) is 0 Å². The second-order valence-corrected chi connectivity index (χ2v) is 9.50. The number of nitrogens with one attached hydrogen (secondary N) is 1. The van der Waals surface area contributed by atoms with E-state index in [0.29, 0.717) is 49.0 Å². The van der Waals surface area contributed by atoms with Crippen LogP contribution in [0.1, 0.15) is 5.56 Å². The summed E-state index contributed by atoms with van der Waals surface area (Å²) in [6.07, 6.45) is 0.493. The number of aliphatic hydroxyl groups is 1. The maximum absolute atomic E-state index is 12.8. The molecule has 6 nitrogen and oxygen atoms in total. The highest BCUT2D eigenvalue weighted by Crippen LogP contribution is 2.38. The van der Waals surface area contributed by atoms with E-state index in [-0.39, 0.29) is 19.1 Å². The lowest BCUT2D eigenvalue weighted by Gasteiger charge is -2.16. The maximum Gasteiger partial charge on any atom is 0.243 e. The van der Waals surface area contributed by atoms with Gasteiger partial charge in [0, 0.05) is 21.2 Å². The Hall–Kier alpha value is -2.61. The van der Waals surface area contributed by atoms with Crippen LogP contribution in [-0.2, 0) is 17.8 Å². The highest BCUT2D eigenvalue weighted by atomic mass is 35.5. The van der Waals surface area contributed by atoms with Crippen molar-refractivity contribution in [1.29, 1.82) is 0 Å². The molecule has 0 aliphatic rings. The minimum absolute atomic E-state index is 0.172. The second-order valence-electron chi connectivity index (χ2n) is 7.81. The van der Waals surface area contributed by atoms with Crippen molar-refractivity contribution < 1.29 is 9.90 Å². The fourth-order valence-electron chi connectivity index (χ4n) is 3.61. The summed E-state index contributed by atoms with van der Waals surface area (Å²) in [4.78, 5) is 14.0. The fourth-order valence-corrected chi connectivity index (χ4v) is 4.60. The molecule has 1 atom stereocenters. The zero-order chi connectivity index (χ0) is 24.9. The Morgan fingerprint density at radius 1 is 0.857 bits per heavy atom. The summed E-state index contributed by atoms with van der Waals surface area (Å²) in [7, 11) is 0. The van der Waals surface area contributed by atoms with E-state index in [1.165, 1.54) is 4.80 Å². The van der Waals surface area contributed by atoms with Crippen molar-refractivity contribution in [2.45, 2.75) is 19.0 Å². The first-order valence-corrected chi connectivity index (χ1v) is 12.2. The third-order valence-corrected chi connectivity index (χ3v) is 6.32.